The first-order valence-electron chi connectivity index (χ1n) is 5.71. The summed E-state index contributed by atoms with van der Waals surface area (Å²) in [6, 6.07) is 9.12. The van der Waals surface area contributed by atoms with Crippen LogP contribution in [0.2, 0.25) is 0 Å². The summed E-state index contributed by atoms with van der Waals surface area (Å²) in [5, 5.41) is 0. The maximum Gasteiger partial charge on any atom is 0.258 e. The molecule has 0 bridgehead atoms. The molecule has 0 radical (unpaired) electrons. The second-order valence-corrected chi connectivity index (χ2v) is 4.60. The molecule has 0 unspecified atom stereocenters. The maximum atomic E-state index is 11.8. The first kappa shape index (κ1) is 13.3. The molecule has 0 aliphatic heterocycles. The smallest absolute Gasteiger partial charge is 0.258 e. The van der Waals surface area contributed by atoms with Crippen LogP contribution in [0.15, 0.2) is 35.1 Å². The minimum absolute atomic E-state index is 0.0960. The third-order valence-electron chi connectivity index (χ3n) is 2.88. The van der Waals surface area contributed by atoms with Crippen LogP contribution >= 0.6 is 12.2 Å². The van der Waals surface area contributed by atoms with Crippen LogP contribution in [-0.4, -0.2) is 17.1 Å². The number of hydrogen-bond acceptors (Lipinski definition) is 3. The number of methoxy groups -OCH3 is 1. The predicted octanol–water partition coefficient (Wildman–Crippen LogP) is 1.99. The molecule has 1 aromatic heterocycles. The molecule has 1 heterocycles. The second kappa shape index (κ2) is 5.24. The third-order valence-corrected chi connectivity index (χ3v) is 3.10. The van der Waals surface area contributed by atoms with Crippen LogP contribution in [0, 0.1) is 6.92 Å². The molecule has 0 spiro atoms. The summed E-state index contributed by atoms with van der Waals surface area (Å²) in [4.78, 5) is 14.7. The average molecular weight is 274 g/mol. The van der Waals surface area contributed by atoms with Crippen LogP contribution < -0.4 is 16.0 Å². The van der Waals surface area contributed by atoms with Crippen molar-refractivity contribution in [3.8, 4) is 17.0 Å². The van der Waals surface area contributed by atoms with Crippen LogP contribution in [0.1, 0.15) is 11.1 Å². The molecule has 4 nitrogen and oxygen atoms in total. The van der Waals surface area contributed by atoms with Crippen molar-refractivity contribution in [3.05, 3.63) is 51.8 Å². The number of rotatable bonds is 3. The van der Waals surface area contributed by atoms with Crippen molar-refractivity contribution in [1.29, 1.82) is 0 Å². The van der Waals surface area contributed by atoms with Gasteiger partial charge in [-0.15, -0.1) is 0 Å². The molecule has 0 aliphatic carbocycles. The average Bonchev–Trinajstić information content (AvgIpc) is 2.38. The lowest BCUT2D eigenvalue weighted by Gasteiger charge is -2.08. The highest BCUT2D eigenvalue weighted by atomic mass is 32.1. The first-order chi connectivity index (χ1) is 9.02. The predicted molar refractivity (Wildman–Crippen MR) is 79.7 cm³/mol. The molecule has 0 saturated carbocycles. The van der Waals surface area contributed by atoms with Gasteiger partial charge in [0.1, 0.15) is 10.7 Å². The molecule has 0 saturated heterocycles. The monoisotopic (exact) mass is 274 g/mol. The minimum atomic E-state index is -0.279. The quantitative estimate of drug-likeness (QED) is 0.840. The van der Waals surface area contributed by atoms with Gasteiger partial charge in [-0.3, -0.25) is 4.79 Å². The zero-order valence-corrected chi connectivity index (χ0v) is 11.5. The molecule has 5 heteroatoms. The summed E-state index contributed by atoms with van der Waals surface area (Å²) in [5.41, 5.74) is 8.13. The number of H-pyrrole nitrogens is 1. The van der Waals surface area contributed by atoms with Gasteiger partial charge >= 0.3 is 0 Å². The van der Waals surface area contributed by atoms with E-state index in [9.17, 15) is 4.79 Å². The van der Waals surface area contributed by atoms with E-state index in [-0.39, 0.29) is 10.5 Å². The molecule has 0 aliphatic rings. The minimum Gasteiger partial charge on any atom is -0.496 e. The first-order valence-corrected chi connectivity index (χ1v) is 6.12. The lowest BCUT2D eigenvalue weighted by atomic mass is 10.1. The molecular formula is C14H14N2O2S. The fourth-order valence-corrected chi connectivity index (χ4v) is 2.04. The van der Waals surface area contributed by atoms with Crippen molar-refractivity contribution in [2.75, 3.05) is 7.11 Å². The topological polar surface area (TPSA) is 68.1 Å². The number of thiocarbonyl (C=S) groups is 1. The summed E-state index contributed by atoms with van der Waals surface area (Å²) in [5.74, 6) is 0.811. The lowest BCUT2D eigenvalue weighted by molar-refractivity contribution is 0.412. The Kier molecular flexibility index (Phi) is 3.66. The van der Waals surface area contributed by atoms with Gasteiger partial charge in [0.25, 0.3) is 5.56 Å². The Bertz CT molecular complexity index is 692. The van der Waals surface area contributed by atoms with E-state index in [1.165, 1.54) is 0 Å². The van der Waals surface area contributed by atoms with E-state index in [1.54, 1.807) is 19.2 Å². The van der Waals surface area contributed by atoms with E-state index < -0.39 is 0 Å². The van der Waals surface area contributed by atoms with Gasteiger partial charge in [-0.1, -0.05) is 12.2 Å². The van der Waals surface area contributed by atoms with Gasteiger partial charge in [0.2, 0.25) is 0 Å². The Morgan fingerprint density at radius 2 is 2.05 bits per heavy atom. The van der Waals surface area contributed by atoms with E-state index in [0.717, 1.165) is 22.6 Å². The molecule has 0 amide bonds. The molecule has 98 valence electrons. The Morgan fingerprint density at radius 1 is 1.32 bits per heavy atom. The van der Waals surface area contributed by atoms with E-state index in [2.05, 4.69) is 4.98 Å². The zero-order chi connectivity index (χ0) is 14.0. The van der Waals surface area contributed by atoms with Crippen molar-refractivity contribution in [1.82, 2.24) is 4.98 Å². The summed E-state index contributed by atoms with van der Waals surface area (Å²) in [7, 11) is 1.63. The van der Waals surface area contributed by atoms with Crippen molar-refractivity contribution >= 4 is 17.2 Å². The molecule has 2 aromatic rings. The molecule has 19 heavy (non-hydrogen) atoms. The highest BCUT2D eigenvalue weighted by Gasteiger charge is 2.06. The van der Waals surface area contributed by atoms with E-state index >= 15 is 0 Å². The summed E-state index contributed by atoms with van der Waals surface area (Å²) in [6.45, 7) is 1.95. The number of ether oxygens (including phenoxy) is 1. The molecule has 0 atom stereocenters. The highest BCUT2D eigenvalue weighted by molar-refractivity contribution is 7.80. The molecule has 1 aromatic carbocycles. The molecule has 2 rings (SSSR count). The van der Waals surface area contributed by atoms with Gasteiger partial charge < -0.3 is 15.5 Å². The van der Waals surface area contributed by atoms with Gasteiger partial charge in [0.15, 0.2) is 0 Å². The molecule has 0 fully saturated rings. The molecule has 3 N–H and O–H groups in total. The number of pyridine rings is 1. The van der Waals surface area contributed by atoms with E-state index in [1.807, 2.05) is 25.1 Å². The molecular weight excluding hydrogens is 260 g/mol. The number of nitrogens with two attached hydrogens (primary N) is 1. The lowest BCUT2D eigenvalue weighted by Crippen LogP contribution is -2.22. The van der Waals surface area contributed by atoms with Crippen LogP contribution in [0.4, 0.5) is 0 Å². The second-order valence-electron chi connectivity index (χ2n) is 4.16. The highest BCUT2D eigenvalue weighted by Crippen LogP contribution is 2.24. The Hall–Kier alpha value is -2.14. The summed E-state index contributed by atoms with van der Waals surface area (Å²) in [6.07, 6.45) is 0. The normalized spacial score (nSPS) is 10.2. The fourth-order valence-electron chi connectivity index (χ4n) is 1.88. The van der Waals surface area contributed by atoms with Gasteiger partial charge in [-0.25, -0.2) is 0 Å². The standard InChI is InChI=1S/C14H14N2O2S/c1-8-7-9(3-6-12(8)18-2)11-5-4-10(13(15)19)14(17)16-11/h3-7H,1-2H3,(H2,15,19)(H,16,17). The van der Waals surface area contributed by atoms with Gasteiger partial charge in [-0.2, -0.15) is 0 Å². The Labute approximate surface area is 116 Å². The summed E-state index contributed by atoms with van der Waals surface area (Å²) >= 11 is 4.80. The van der Waals surface area contributed by atoms with Crippen molar-refractivity contribution in [2.24, 2.45) is 5.73 Å². The number of nitrogens with one attached hydrogen (secondary N) is 1. The van der Waals surface area contributed by atoms with Gasteiger partial charge in [-0.05, 0) is 48.4 Å². The fraction of sp³-hybridized carbons (Fsp3) is 0.143. The zero-order valence-electron chi connectivity index (χ0n) is 10.7. The van der Waals surface area contributed by atoms with Gasteiger partial charge in [0.05, 0.1) is 12.7 Å². The van der Waals surface area contributed by atoms with E-state index in [4.69, 9.17) is 22.7 Å². The van der Waals surface area contributed by atoms with Gasteiger partial charge in [0, 0.05) is 5.69 Å². The maximum absolute atomic E-state index is 11.8. The number of aromatic nitrogens is 1. The Morgan fingerprint density at radius 3 is 2.58 bits per heavy atom. The summed E-state index contributed by atoms with van der Waals surface area (Å²) < 4.78 is 5.20. The van der Waals surface area contributed by atoms with Crippen molar-refractivity contribution in [3.63, 3.8) is 0 Å². The van der Waals surface area contributed by atoms with Crippen LogP contribution in [0.25, 0.3) is 11.3 Å². The SMILES string of the molecule is COc1ccc(-c2ccc(C(N)=S)c(=O)[nH]2)cc1C. The number of benzene rings is 1. The number of hydrogen-bond donors (Lipinski definition) is 2. The third kappa shape index (κ3) is 2.66. The number of aromatic amines is 1. The van der Waals surface area contributed by atoms with Crippen LogP contribution in [0.5, 0.6) is 5.75 Å². The number of aryl methyl sites for hydroxylation is 1. The van der Waals surface area contributed by atoms with Crippen molar-refractivity contribution in [2.45, 2.75) is 6.92 Å². The van der Waals surface area contributed by atoms with Crippen LogP contribution in [0.3, 0.4) is 0 Å². The van der Waals surface area contributed by atoms with Crippen molar-refractivity contribution < 1.29 is 4.74 Å². The Balaban J connectivity index is 2.48. The van der Waals surface area contributed by atoms with Crippen LogP contribution in [-0.2, 0) is 0 Å². The van der Waals surface area contributed by atoms with E-state index in [0.29, 0.717) is 5.56 Å². The largest absolute Gasteiger partial charge is 0.496 e.